The number of nitrogens with zero attached hydrogens (tertiary/aromatic N) is 1. The predicted octanol–water partition coefficient (Wildman–Crippen LogP) is 1.57. The van der Waals surface area contributed by atoms with Crippen LogP contribution in [0.4, 0.5) is 5.13 Å². The van der Waals surface area contributed by atoms with Crippen molar-refractivity contribution in [3.05, 3.63) is 35.3 Å². The number of nitrogens with one attached hydrogen (secondary N) is 1. The van der Waals surface area contributed by atoms with E-state index in [1.807, 2.05) is 0 Å². The summed E-state index contributed by atoms with van der Waals surface area (Å²) in [6.07, 6.45) is -0.922. The van der Waals surface area contributed by atoms with E-state index >= 15 is 0 Å². The summed E-state index contributed by atoms with van der Waals surface area (Å²) in [5, 5.41) is 4.45. The topological polar surface area (TPSA) is 113 Å². The van der Waals surface area contributed by atoms with Gasteiger partial charge in [0.25, 0.3) is 5.91 Å². The van der Waals surface area contributed by atoms with Crippen molar-refractivity contribution in [2.45, 2.75) is 19.4 Å². The smallest absolute Gasteiger partial charge is 0.351 e. The van der Waals surface area contributed by atoms with E-state index in [9.17, 15) is 14.4 Å². The van der Waals surface area contributed by atoms with E-state index in [-0.39, 0.29) is 13.0 Å². The molecule has 1 aliphatic heterocycles. The Morgan fingerprint density at radius 1 is 1.25 bits per heavy atom. The van der Waals surface area contributed by atoms with Gasteiger partial charge in [0.05, 0.1) is 18.7 Å². The number of esters is 2. The van der Waals surface area contributed by atoms with Crippen molar-refractivity contribution in [3.8, 4) is 11.5 Å². The van der Waals surface area contributed by atoms with Crippen LogP contribution in [0.5, 0.6) is 11.5 Å². The van der Waals surface area contributed by atoms with Crippen molar-refractivity contribution in [1.82, 2.24) is 4.98 Å². The minimum Gasteiger partial charge on any atom is -0.485 e. The molecule has 3 rings (SSSR count). The third-order valence-corrected chi connectivity index (χ3v) is 4.35. The SMILES string of the molecule is CCOC(=O)Cc1csc(NC(=O)COC(=O)[C@H]2COc3ccccc3O2)n1. The Morgan fingerprint density at radius 3 is 2.82 bits per heavy atom. The molecule has 9 nitrogen and oxygen atoms in total. The van der Waals surface area contributed by atoms with Gasteiger partial charge in [-0.3, -0.25) is 14.9 Å². The lowest BCUT2D eigenvalue weighted by Crippen LogP contribution is -2.39. The van der Waals surface area contributed by atoms with Crippen LogP contribution in [0.25, 0.3) is 0 Å². The molecule has 0 unspecified atom stereocenters. The van der Waals surface area contributed by atoms with E-state index in [0.717, 1.165) is 11.3 Å². The normalized spacial score (nSPS) is 14.8. The summed E-state index contributed by atoms with van der Waals surface area (Å²) in [6, 6.07) is 6.96. The molecular formula is C18H18N2O7S. The Hall–Kier alpha value is -3.14. The minimum atomic E-state index is -0.946. The molecule has 0 fully saturated rings. The van der Waals surface area contributed by atoms with E-state index in [2.05, 4.69) is 10.3 Å². The van der Waals surface area contributed by atoms with Gasteiger partial charge < -0.3 is 18.9 Å². The highest BCUT2D eigenvalue weighted by molar-refractivity contribution is 7.13. The second kappa shape index (κ2) is 9.18. The van der Waals surface area contributed by atoms with Crippen LogP contribution in [0.1, 0.15) is 12.6 Å². The van der Waals surface area contributed by atoms with Crippen LogP contribution in [-0.2, 0) is 30.3 Å². The Bertz CT molecular complexity index is 867. The summed E-state index contributed by atoms with van der Waals surface area (Å²) in [5.41, 5.74) is 0.488. The molecule has 28 heavy (non-hydrogen) atoms. The monoisotopic (exact) mass is 406 g/mol. The number of ether oxygens (including phenoxy) is 4. The number of para-hydroxylation sites is 2. The molecule has 0 aliphatic carbocycles. The van der Waals surface area contributed by atoms with Crippen LogP contribution in [0.2, 0.25) is 0 Å². The number of hydrogen-bond donors (Lipinski definition) is 1. The number of hydrogen-bond acceptors (Lipinski definition) is 9. The molecule has 10 heteroatoms. The van der Waals surface area contributed by atoms with Crippen molar-refractivity contribution in [2.75, 3.05) is 25.1 Å². The predicted molar refractivity (Wildman–Crippen MR) is 98.4 cm³/mol. The highest BCUT2D eigenvalue weighted by Gasteiger charge is 2.29. The number of rotatable bonds is 7. The first-order chi connectivity index (χ1) is 13.5. The lowest BCUT2D eigenvalue weighted by Gasteiger charge is -2.24. The lowest BCUT2D eigenvalue weighted by atomic mass is 10.2. The quantitative estimate of drug-likeness (QED) is 0.690. The van der Waals surface area contributed by atoms with Gasteiger partial charge >= 0.3 is 11.9 Å². The first-order valence-corrected chi connectivity index (χ1v) is 9.38. The number of carbonyl (C=O) groups is 3. The summed E-state index contributed by atoms with van der Waals surface area (Å²) in [7, 11) is 0. The molecule has 1 N–H and O–H groups in total. The molecule has 1 aromatic carbocycles. The molecule has 1 atom stereocenters. The largest absolute Gasteiger partial charge is 0.485 e. The maximum Gasteiger partial charge on any atom is 0.351 e. The van der Waals surface area contributed by atoms with E-state index in [4.69, 9.17) is 18.9 Å². The highest BCUT2D eigenvalue weighted by Crippen LogP contribution is 2.31. The van der Waals surface area contributed by atoms with E-state index in [0.29, 0.717) is 28.9 Å². The number of aromatic nitrogens is 1. The molecule has 0 spiro atoms. The van der Waals surface area contributed by atoms with E-state index in [1.165, 1.54) is 0 Å². The van der Waals surface area contributed by atoms with Crippen molar-refractivity contribution in [3.63, 3.8) is 0 Å². The van der Waals surface area contributed by atoms with E-state index in [1.54, 1.807) is 36.6 Å². The summed E-state index contributed by atoms with van der Waals surface area (Å²) in [5.74, 6) is -0.658. The Morgan fingerprint density at radius 2 is 2.04 bits per heavy atom. The number of anilines is 1. The van der Waals surface area contributed by atoms with Crippen LogP contribution in [0.3, 0.4) is 0 Å². The summed E-state index contributed by atoms with van der Waals surface area (Å²) < 4.78 is 20.8. The van der Waals surface area contributed by atoms with Gasteiger partial charge in [-0.15, -0.1) is 11.3 Å². The molecule has 148 valence electrons. The molecule has 0 radical (unpaired) electrons. The molecule has 0 saturated carbocycles. The third kappa shape index (κ3) is 5.19. The van der Waals surface area contributed by atoms with E-state index < -0.39 is 30.6 Å². The molecular weight excluding hydrogens is 388 g/mol. The van der Waals surface area contributed by atoms with Crippen molar-refractivity contribution in [1.29, 1.82) is 0 Å². The van der Waals surface area contributed by atoms with Crippen LogP contribution in [0.15, 0.2) is 29.6 Å². The van der Waals surface area contributed by atoms with Crippen LogP contribution < -0.4 is 14.8 Å². The van der Waals surface area contributed by atoms with Gasteiger partial charge in [0.15, 0.2) is 23.2 Å². The molecule has 2 aromatic rings. The number of amides is 1. The summed E-state index contributed by atoms with van der Waals surface area (Å²) in [6.45, 7) is 1.52. The molecule has 2 heterocycles. The van der Waals surface area contributed by atoms with Crippen molar-refractivity contribution < 1.29 is 33.3 Å². The van der Waals surface area contributed by atoms with Gasteiger partial charge in [0.1, 0.15) is 6.61 Å². The second-order valence-corrected chi connectivity index (χ2v) is 6.50. The average Bonchev–Trinajstić information content (AvgIpc) is 3.12. The summed E-state index contributed by atoms with van der Waals surface area (Å²) in [4.78, 5) is 39.6. The molecule has 1 amide bonds. The fourth-order valence-electron chi connectivity index (χ4n) is 2.33. The minimum absolute atomic E-state index is 0.00116. The molecule has 0 saturated heterocycles. The molecule has 1 aliphatic rings. The van der Waals surface area contributed by atoms with Crippen LogP contribution in [0, 0.1) is 0 Å². The number of carbonyl (C=O) groups excluding carboxylic acids is 3. The zero-order valence-electron chi connectivity index (χ0n) is 15.0. The standard InChI is InChI=1S/C18H18N2O7S/c1-2-24-16(22)7-11-10-28-18(19-11)20-15(21)9-26-17(23)14-8-25-12-5-3-4-6-13(12)27-14/h3-6,10,14H,2,7-9H2,1H3,(H,19,20,21)/t14-/m1/s1. The van der Waals surface area contributed by atoms with Gasteiger partial charge in [0, 0.05) is 5.38 Å². The van der Waals surface area contributed by atoms with Gasteiger partial charge in [-0.2, -0.15) is 0 Å². The maximum atomic E-state index is 12.1. The fraction of sp³-hybridized carbons (Fsp3) is 0.333. The Labute approximate surface area is 164 Å². The number of benzene rings is 1. The first kappa shape index (κ1) is 19.6. The Balaban J connectivity index is 1.44. The van der Waals surface area contributed by atoms with Gasteiger partial charge in [-0.1, -0.05) is 12.1 Å². The van der Waals surface area contributed by atoms with Gasteiger partial charge in [-0.25, -0.2) is 9.78 Å². The fourth-order valence-corrected chi connectivity index (χ4v) is 3.05. The van der Waals surface area contributed by atoms with Crippen molar-refractivity contribution >= 4 is 34.3 Å². The van der Waals surface area contributed by atoms with Crippen LogP contribution >= 0.6 is 11.3 Å². The van der Waals surface area contributed by atoms with Crippen LogP contribution in [-0.4, -0.2) is 48.8 Å². The number of fused-ring (bicyclic) bond motifs is 1. The first-order valence-electron chi connectivity index (χ1n) is 8.50. The third-order valence-electron chi connectivity index (χ3n) is 3.55. The lowest BCUT2D eigenvalue weighted by molar-refractivity contribution is -0.156. The molecule has 1 aromatic heterocycles. The number of thiazole rings is 1. The highest BCUT2D eigenvalue weighted by atomic mass is 32.1. The zero-order valence-corrected chi connectivity index (χ0v) is 15.8. The molecule has 0 bridgehead atoms. The zero-order chi connectivity index (χ0) is 19.9. The average molecular weight is 406 g/mol. The second-order valence-electron chi connectivity index (χ2n) is 5.65. The van der Waals surface area contributed by atoms with Gasteiger partial charge in [-0.05, 0) is 19.1 Å². The Kier molecular flexibility index (Phi) is 6.43. The summed E-state index contributed by atoms with van der Waals surface area (Å²) >= 11 is 1.16. The van der Waals surface area contributed by atoms with Crippen molar-refractivity contribution in [2.24, 2.45) is 0 Å². The van der Waals surface area contributed by atoms with Gasteiger partial charge in [0.2, 0.25) is 6.10 Å². The maximum absolute atomic E-state index is 12.1.